The summed E-state index contributed by atoms with van der Waals surface area (Å²) < 4.78 is 0. The fourth-order valence-electron chi connectivity index (χ4n) is 1.44. The Morgan fingerprint density at radius 1 is 1.16 bits per heavy atom. The standard InChI is InChI=1S/C14H27N3O2/c1-11(2)15-13(18)8-6-7-12(3)16-14(19)9-10-17(4)5/h6,8,11-12H,7,9-10H2,1-5H3,(H,15,18)(H,16,19)/b8-6+. The van der Waals surface area contributed by atoms with Gasteiger partial charge in [-0.1, -0.05) is 6.08 Å². The lowest BCUT2D eigenvalue weighted by atomic mass is 10.2. The Balaban J connectivity index is 3.85. The lowest BCUT2D eigenvalue weighted by Crippen LogP contribution is -2.34. The van der Waals surface area contributed by atoms with Gasteiger partial charge in [0.1, 0.15) is 0 Å². The van der Waals surface area contributed by atoms with E-state index in [1.54, 1.807) is 6.08 Å². The van der Waals surface area contributed by atoms with Gasteiger partial charge in [0.2, 0.25) is 11.8 Å². The summed E-state index contributed by atoms with van der Waals surface area (Å²) in [6, 6.07) is 0.179. The van der Waals surface area contributed by atoms with Crippen LogP contribution in [-0.2, 0) is 9.59 Å². The van der Waals surface area contributed by atoms with Gasteiger partial charge in [-0.2, -0.15) is 0 Å². The largest absolute Gasteiger partial charge is 0.353 e. The summed E-state index contributed by atoms with van der Waals surface area (Å²) in [5.74, 6) is -0.0534. The summed E-state index contributed by atoms with van der Waals surface area (Å²) in [5, 5.41) is 5.67. The number of carbonyl (C=O) groups excluding carboxylic acids is 2. The highest BCUT2D eigenvalue weighted by atomic mass is 16.2. The summed E-state index contributed by atoms with van der Waals surface area (Å²) in [5.41, 5.74) is 0. The van der Waals surface area contributed by atoms with E-state index >= 15 is 0 Å². The van der Waals surface area contributed by atoms with Crippen LogP contribution < -0.4 is 10.6 Å². The lowest BCUT2D eigenvalue weighted by molar-refractivity contribution is -0.122. The van der Waals surface area contributed by atoms with Gasteiger partial charge in [0.25, 0.3) is 0 Å². The minimum absolute atomic E-state index is 0.0396. The Labute approximate surface area is 116 Å². The zero-order valence-corrected chi connectivity index (χ0v) is 12.7. The van der Waals surface area contributed by atoms with Crippen molar-refractivity contribution < 1.29 is 9.59 Å². The van der Waals surface area contributed by atoms with E-state index in [1.807, 2.05) is 39.8 Å². The normalized spacial score (nSPS) is 13.0. The molecule has 5 nitrogen and oxygen atoms in total. The van der Waals surface area contributed by atoms with Gasteiger partial charge in [-0.3, -0.25) is 9.59 Å². The molecule has 110 valence electrons. The van der Waals surface area contributed by atoms with Crippen LogP contribution in [0.2, 0.25) is 0 Å². The van der Waals surface area contributed by atoms with Gasteiger partial charge >= 0.3 is 0 Å². The van der Waals surface area contributed by atoms with Crippen LogP contribution in [0.4, 0.5) is 0 Å². The Hall–Kier alpha value is -1.36. The molecule has 1 unspecified atom stereocenters. The molecule has 0 aromatic carbocycles. The zero-order valence-electron chi connectivity index (χ0n) is 12.7. The van der Waals surface area contributed by atoms with Crippen LogP contribution in [0.1, 0.15) is 33.6 Å². The molecule has 0 radical (unpaired) electrons. The first-order chi connectivity index (χ1) is 8.81. The Morgan fingerprint density at radius 3 is 2.32 bits per heavy atom. The highest BCUT2D eigenvalue weighted by Gasteiger charge is 2.06. The molecule has 0 heterocycles. The molecule has 0 rings (SSSR count). The highest BCUT2D eigenvalue weighted by molar-refractivity contribution is 5.87. The number of carbonyl (C=O) groups is 2. The van der Waals surface area contributed by atoms with Crippen molar-refractivity contribution in [2.75, 3.05) is 20.6 Å². The third kappa shape index (κ3) is 11.5. The number of amides is 2. The Morgan fingerprint density at radius 2 is 1.79 bits per heavy atom. The molecule has 0 spiro atoms. The maximum absolute atomic E-state index is 11.6. The van der Waals surface area contributed by atoms with Gasteiger partial charge in [0.15, 0.2) is 0 Å². The first-order valence-electron chi connectivity index (χ1n) is 6.72. The number of hydrogen-bond acceptors (Lipinski definition) is 3. The van der Waals surface area contributed by atoms with E-state index in [0.29, 0.717) is 12.8 Å². The van der Waals surface area contributed by atoms with Crippen molar-refractivity contribution in [1.29, 1.82) is 0 Å². The van der Waals surface area contributed by atoms with Crippen LogP contribution in [-0.4, -0.2) is 49.4 Å². The van der Waals surface area contributed by atoms with Crippen LogP contribution >= 0.6 is 0 Å². The van der Waals surface area contributed by atoms with E-state index in [2.05, 4.69) is 10.6 Å². The van der Waals surface area contributed by atoms with Crippen LogP contribution in [0.5, 0.6) is 0 Å². The Kier molecular flexibility index (Phi) is 8.87. The summed E-state index contributed by atoms with van der Waals surface area (Å²) in [6.07, 6.45) is 4.45. The molecule has 0 aliphatic rings. The van der Waals surface area contributed by atoms with Crippen molar-refractivity contribution in [1.82, 2.24) is 15.5 Å². The fraction of sp³-hybridized carbons (Fsp3) is 0.714. The molecule has 5 heteroatoms. The third-order valence-corrected chi connectivity index (χ3v) is 2.38. The van der Waals surface area contributed by atoms with Crippen LogP contribution in [0.3, 0.4) is 0 Å². The number of nitrogens with zero attached hydrogens (tertiary/aromatic N) is 1. The predicted molar refractivity (Wildman–Crippen MR) is 77.8 cm³/mol. The first-order valence-corrected chi connectivity index (χ1v) is 6.72. The molecule has 0 saturated heterocycles. The molecule has 19 heavy (non-hydrogen) atoms. The lowest BCUT2D eigenvalue weighted by Gasteiger charge is -2.13. The second kappa shape index (κ2) is 9.55. The summed E-state index contributed by atoms with van der Waals surface area (Å²) in [7, 11) is 3.87. The summed E-state index contributed by atoms with van der Waals surface area (Å²) in [4.78, 5) is 24.9. The molecule has 0 saturated carbocycles. The molecule has 0 aromatic rings. The van der Waals surface area contributed by atoms with E-state index < -0.39 is 0 Å². The maximum atomic E-state index is 11.6. The SMILES string of the molecule is CC(C)NC(=O)/C=C/CC(C)NC(=O)CCN(C)C. The van der Waals surface area contributed by atoms with E-state index in [-0.39, 0.29) is 23.9 Å². The second-order valence-electron chi connectivity index (χ2n) is 5.32. The molecular formula is C14H27N3O2. The van der Waals surface area contributed by atoms with E-state index in [4.69, 9.17) is 0 Å². The zero-order chi connectivity index (χ0) is 14.8. The van der Waals surface area contributed by atoms with Gasteiger partial charge in [0, 0.05) is 25.0 Å². The minimum atomic E-state index is -0.0962. The van der Waals surface area contributed by atoms with Crippen molar-refractivity contribution in [2.24, 2.45) is 0 Å². The number of hydrogen-bond donors (Lipinski definition) is 2. The summed E-state index contributed by atoms with van der Waals surface area (Å²) in [6.45, 7) is 6.50. The molecule has 0 aliphatic heterocycles. The highest BCUT2D eigenvalue weighted by Crippen LogP contribution is 1.94. The monoisotopic (exact) mass is 269 g/mol. The van der Waals surface area contributed by atoms with E-state index in [0.717, 1.165) is 6.54 Å². The summed E-state index contributed by atoms with van der Waals surface area (Å²) >= 11 is 0. The molecule has 0 aromatic heterocycles. The van der Waals surface area contributed by atoms with Crippen LogP contribution in [0.25, 0.3) is 0 Å². The van der Waals surface area contributed by atoms with Crippen molar-refractivity contribution >= 4 is 11.8 Å². The molecule has 0 aliphatic carbocycles. The van der Waals surface area contributed by atoms with E-state index in [1.165, 1.54) is 6.08 Å². The van der Waals surface area contributed by atoms with Crippen molar-refractivity contribution in [3.05, 3.63) is 12.2 Å². The van der Waals surface area contributed by atoms with Gasteiger partial charge in [-0.15, -0.1) is 0 Å². The first kappa shape index (κ1) is 17.6. The second-order valence-corrected chi connectivity index (χ2v) is 5.32. The quantitative estimate of drug-likeness (QED) is 0.644. The average Bonchev–Trinajstić information content (AvgIpc) is 2.25. The smallest absolute Gasteiger partial charge is 0.243 e. The third-order valence-electron chi connectivity index (χ3n) is 2.38. The van der Waals surface area contributed by atoms with Crippen LogP contribution in [0, 0.1) is 0 Å². The topological polar surface area (TPSA) is 61.4 Å². The molecule has 0 bridgehead atoms. The van der Waals surface area contributed by atoms with Gasteiger partial charge in [0.05, 0.1) is 0 Å². The molecular weight excluding hydrogens is 242 g/mol. The van der Waals surface area contributed by atoms with Gasteiger partial charge in [-0.05, 0) is 47.4 Å². The molecule has 2 amide bonds. The van der Waals surface area contributed by atoms with E-state index in [9.17, 15) is 9.59 Å². The average molecular weight is 269 g/mol. The maximum Gasteiger partial charge on any atom is 0.243 e. The molecule has 2 N–H and O–H groups in total. The van der Waals surface area contributed by atoms with Crippen molar-refractivity contribution in [3.8, 4) is 0 Å². The number of rotatable bonds is 8. The van der Waals surface area contributed by atoms with Crippen LogP contribution in [0.15, 0.2) is 12.2 Å². The van der Waals surface area contributed by atoms with Gasteiger partial charge < -0.3 is 15.5 Å². The number of nitrogens with one attached hydrogen (secondary N) is 2. The minimum Gasteiger partial charge on any atom is -0.353 e. The fourth-order valence-corrected chi connectivity index (χ4v) is 1.44. The molecule has 1 atom stereocenters. The Bertz CT molecular complexity index is 312. The predicted octanol–water partition coefficient (Wildman–Crippen LogP) is 0.914. The van der Waals surface area contributed by atoms with Crippen molar-refractivity contribution in [2.45, 2.75) is 45.7 Å². The van der Waals surface area contributed by atoms with Crippen molar-refractivity contribution in [3.63, 3.8) is 0 Å². The molecule has 0 fully saturated rings. The van der Waals surface area contributed by atoms with Gasteiger partial charge in [-0.25, -0.2) is 0 Å².